The molecule has 2 heterocycles. The van der Waals surface area contributed by atoms with Crippen molar-refractivity contribution < 1.29 is 0 Å². The van der Waals surface area contributed by atoms with Crippen molar-refractivity contribution >= 4 is 29.9 Å². The first-order chi connectivity index (χ1) is 11.2. The van der Waals surface area contributed by atoms with E-state index in [1.54, 1.807) is 12.7 Å². The van der Waals surface area contributed by atoms with Crippen molar-refractivity contribution in [2.45, 2.75) is 58.9 Å². The zero-order valence-electron chi connectivity index (χ0n) is 15.4. The molecule has 1 N–H and O–H groups in total. The van der Waals surface area contributed by atoms with Crippen molar-refractivity contribution in [1.82, 2.24) is 25.0 Å². The third kappa shape index (κ3) is 6.57. The molecule has 1 unspecified atom stereocenters. The fraction of sp³-hybridized carbons (Fsp3) is 0.824. The van der Waals surface area contributed by atoms with Gasteiger partial charge in [-0.2, -0.15) is 0 Å². The number of rotatable bonds is 7. The summed E-state index contributed by atoms with van der Waals surface area (Å²) >= 11 is 0. The van der Waals surface area contributed by atoms with E-state index >= 15 is 0 Å². The number of piperidine rings is 1. The van der Waals surface area contributed by atoms with E-state index < -0.39 is 0 Å². The predicted octanol–water partition coefficient (Wildman–Crippen LogP) is 3.15. The summed E-state index contributed by atoms with van der Waals surface area (Å²) in [6.07, 6.45) is 11.0. The van der Waals surface area contributed by atoms with Crippen LogP contribution < -0.4 is 5.32 Å². The van der Waals surface area contributed by atoms with Crippen LogP contribution in [0.25, 0.3) is 0 Å². The monoisotopic (exact) mass is 448 g/mol. The van der Waals surface area contributed by atoms with Crippen LogP contribution in [0.4, 0.5) is 0 Å². The lowest BCUT2D eigenvalue weighted by atomic mass is 9.78. The number of hydrogen-bond acceptors (Lipinski definition) is 3. The van der Waals surface area contributed by atoms with Crippen LogP contribution in [0.2, 0.25) is 0 Å². The lowest BCUT2D eigenvalue weighted by Crippen LogP contribution is -2.50. The van der Waals surface area contributed by atoms with Crippen LogP contribution >= 0.6 is 24.0 Å². The molecule has 0 radical (unpaired) electrons. The molecule has 1 aromatic heterocycles. The Kier molecular flexibility index (Phi) is 9.61. The Morgan fingerprint density at radius 2 is 2.04 bits per heavy atom. The van der Waals surface area contributed by atoms with Gasteiger partial charge in [-0.15, -0.1) is 34.2 Å². The molecule has 24 heavy (non-hydrogen) atoms. The van der Waals surface area contributed by atoms with Gasteiger partial charge in [-0.1, -0.05) is 20.3 Å². The van der Waals surface area contributed by atoms with E-state index in [4.69, 9.17) is 0 Å². The first kappa shape index (κ1) is 21.2. The van der Waals surface area contributed by atoms with Crippen LogP contribution in [0.3, 0.4) is 0 Å². The Labute approximate surface area is 163 Å². The number of aliphatic imine (C=N–C) groups is 1. The van der Waals surface area contributed by atoms with Gasteiger partial charge in [0.2, 0.25) is 0 Å². The van der Waals surface area contributed by atoms with Gasteiger partial charge in [-0.3, -0.25) is 4.99 Å². The number of hydrogen-bond donors (Lipinski definition) is 1. The highest BCUT2D eigenvalue weighted by Gasteiger charge is 2.31. The maximum Gasteiger partial charge on any atom is 0.193 e. The maximum absolute atomic E-state index is 4.49. The molecule has 0 bridgehead atoms. The highest BCUT2D eigenvalue weighted by molar-refractivity contribution is 14.0. The maximum atomic E-state index is 4.49. The Hall–Kier alpha value is -0.860. The summed E-state index contributed by atoms with van der Waals surface area (Å²) in [5, 5.41) is 11.2. The fourth-order valence-electron chi connectivity index (χ4n) is 3.59. The van der Waals surface area contributed by atoms with Gasteiger partial charge in [0.15, 0.2) is 5.96 Å². The van der Waals surface area contributed by atoms with Crippen molar-refractivity contribution in [2.75, 3.05) is 26.7 Å². The highest BCUT2D eigenvalue weighted by atomic mass is 127. The number of aryl methyl sites for hydroxylation is 1. The first-order valence-corrected chi connectivity index (χ1v) is 8.95. The first-order valence-electron chi connectivity index (χ1n) is 8.95. The van der Waals surface area contributed by atoms with E-state index in [9.17, 15) is 0 Å². The molecule has 1 fully saturated rings. The number of nitrogens with one attached hydrogen (secondary N) is 1. The third-order valence-electron chi connectivity index (χ3n) is 4.74. The molecule has 0 spiro atoms. The lowest BCUT2D eigenvalue weighted by Gasteiger charge is -2.42. The molecule has 138 valence electrons. The summed E-state index contributed by atoms with van der Waals surface area (Å²) in [5.41, 5.74) is 0.443. The summed E-state index contributed by atoms with van der Waals surface area (Å²) in [7, 11) is 1.89. The van der Waals surface area contributed by atoms with E-state index in [1.807, 2.05) is 11.6 Å². The smallest absolute Gasteiger partial charge is 0.193 e. The molecule has 2 rings (SSSR count). The molecule has 0 aliphatic carbocycles. The second-order valence-corrected chi connectivity index (χ2v) is 6.97. The molecule has 1 saturated heterocycles. The van der Waals surface area contributed by atoms with Crippen molar-refractivity contribution in [3.8, 4) is 0 Å². The summed E-state index contributed by atoms with van der Waals surface area (Å²) in [5.74, 6) is 1.07. The van der Waals surface area contributed by atoms with Gasteiger partial charge in [0.25, 0.3) is 0 Å². The molecule has 1 aliphatic rings. The number of halogens is 1. The molecule has 7 heteroatoms. The number of guanidine groups is 1. The summed E-state index contributed by atoms with van der Waals surface area (Å²) in [4.78, 5) is 6.93. The standard InChI is InChI=1S/C17H32N6.HI/c1-4-8-17(2)9-7-12-23(13-17)16(18-3)19-10-5-6-11-22-14-20-21-15-22;/h14-15H,4-13H2,1-3H3,(H,18,19);1H. The highest BCUT2D eigenvalue weighted by Crippen LogP contribution is 2.33. The van der Waals surface area contributed by atoms with Crippen LogP contribution in [0.1, 0.15) is 52.4 Å². The molecule has 1 aliphatic heterocycles. The number of nitrogens with zero attached hydrogens (tertiary/aromatic N) is 5. The number of unbranched alkanes of at least 4 members (excludes halogenated alkanes) is 1. The van der Waals surface area contributed by atoms with Gasteiger partial charge in [-0.05, 0) is 37.5 Å². The summed E-state index contributed by atoms with van der Waals surface area (Å²) in [6.45, 7) is 8.91. The summed E-state index contributed by atoms with van der Waals surface area (Å²) in [6, 6.07) is 0. The molecule has 0 aromatic carbocycles. The number of likely N-dealkylation sites (tertiary alicyclic amines) is 1. The molecular weight excluding hydrogens is 415 g/mol. The minimum Gasteiger partial charge on any atom is -0.356 e. The molecule has 1 aromatic rings. The molecule has 0 amide bonds. The van der Waals surface area contributed by atoms with E-state index in [-0.39, 0.29) is 24.0 Å². The van der Waals surface area contributed by atoms with E-state index in [0.29, 0.717) is 5.41 Å². The minimum atomic E-state index is 0. The van der Waals surface area contributed by atoms with Gasteiger partial charge in [0, 0.05) is 33.2 Å². The van der Waals surface area contributed by atoms with E-state index in [0.717, 1.165) is 45.0 Å². The van der Waals surface area contributed by atoms with Gasteiger partial charge in [0.05, 0.1) is 0 Å². The van der Waals surface area contributed by atoms with Crippen LogP contribution in [-0.4, -0.2) is 52.3 Å². The number of aromatic nitrogens is 3. The Balaban J connectivity index is 0.00000288. The predicted molar refractivity (Wildman–Crippen MR) is 110 cm³/mol. The van der Waals surface area contributed by atoms with E-state index in [1.165, 1.54) is 25.7 Å². The second kappa shape index (κ2) is 10.9. The van der Waals surface area contributed by atoms with Crippen LogP contribution in [0.5, 0.6) is 0 Å². The average Bonchev–Trinajstić information content (AvgIpc) is 3.04. The Morgan fingerprint density at radius 3 is 2.71 bits per heavy atom. The Bertz CT molecular complexity index is 471. The van der Waals surface area contributed by atoms with Crippen molar-refractivity contribution in [3.63, 3.8) is 0 Å². The van der Waals surface area contributed by atoms with Gasteiger partial charge >= 0.3 is 0 Å². The van der Waals surface area contributed by atoms with Gasteiger partial charge in [-0.25, -0.2) is 0 Å². The van der Waals surface area contributed by atoms with Crippen LogP contribution in [0.15, 0.2) is 17.6 Å². The SMILES string of the molecule is CCCC1(C)CCCN(C(=NC)NCCCCn2cnnc2)C1.I. The molecule has 0 saturated carbocycles. The second-order valence-electron chi connectivity index (χ2n) is 6.97. The zero-order valence-corrected chi connectivity index (χ0v) is 17.7. The quantitative estimate of drug-likeness (QED) is 0.301. The third-order valence-corrected chi connectivity index (χ3v) is 4.74. The minimum absolute atomic E-state index is 0. The topological polar surface area (TPSA) is 58.3 Å². The fourth-order valence-corrected chi connectivity index (χ4v) is 3.59. The van der Waals surface area contributed by atoms with Crippen molar-refractivity contribution in [2.24, 2.45) is 10.4 Å². The largest absolute Gasteiger partial charge is 0.356 e. The molecule has 6 nitrogen and oxygen atoms in total. The van der Waals surface area contributed by atoms with Gasteiger partial charge in [0.1, 0.15) is 12.7 Å². The lowest BCUT2D eigenvalue weighted by molar-refractivity contribution is 0.142. The molecule has 1 atom stereocenters. The van der Waals surface area contributed by atoms with Crippen molar-refractivity contribution in [1.29, 1.82) is 0 Å². The average molecular weight is 448 g/mol. The zero-order chi connectivity index (χ0) is 16.5. The van der Waals surface area contributed by atoms with Crippen LogP contribution in [0, 0.1) is 5.41 Å². The summed E-state index contributed by atoms with van der Waals surface area (Å²) < 4.78 is 2.02. The van der Waals surface area contributed by atoms with Gasteiger partial charge < -0.3 is 14.8 Å². The van der Waals surface area contributed by atoms with Crippen LogP contribution in [-0.2, 0) is 6.54 Å². The van der Waals surface area contributed by atoms with E-state index in [2.05, 4.69) is 39.3 Å². The molecular formula is C17H33IN6. The van der Waals surface area contributed by atoms with Crippen molar-refractivity contribution in [3.05, 3.63) is 12.7 Å². The Morgan fingerprint density at radius 1 is 1.29 bits per heavy atom. The normalized spacial score (nSPS) is 21.5.